The minimum Gasteiger partial charge on any atom is -0.497 e. The summed E-state index contributed by atoms with van der Waals surface area (Å²) in [7, 11) is 4.66. The Bertz CT molecular complexity index is 699. The highest BCUT2D eigenvalue weighted by molar-refractivity contribution is 6.33. The maximum Gasteiger partial charge on any atom is 0.305 e. The van der Waals surface area contributed by atoms with Gasteiger partial charge in [0.15, 0.2) is 0 Å². The van der Waals surface area contributed by atoms with Crippen molar-refractivity contribution in [2.75, 3.05) is 21.3 Å². The van der Waals surface area contributed by atoms with Crippen molar-refractivity contribution in [3.05, 3.63) is 64.7 Å². The van der Waals surface area contributed by atoms with Crippen molar-refractivity contribution >= 4 is 23.1 Å². The van der Waals surface area contributed by atoms with Crippen LogP contribution in [0.2, 0.25) is 0 Å². The molecule has 2 aromatic rings. The van der Waals surface area contributed by atoms with E-state index in [2.05, 4.69) is 4.74 Å². The van der Waals surface area contributed by atoms with Crippen LogP contribution >= 0.6 is 11.6 Å². The standard InChI is InChI=1S/C21H23ClO4/c1-24-17-11-7-15(8-12-17)21(16-9-13-18(25-2)14-10-16)19(22)5-4-6-20(23)26-3/h7-14H,4-6H2,1-3H3. The number of hydrogen-bond donors (Lipinski definition) is 0. The molecule has 138 valence electrons. The van der Waals surface area contributed by atoms with Crippen LogP contribution in [0.3, 0.4) is 0 Å². The van der Waals surface area contributed by atoms with Crippen molar-refractivity contribution < 1.29 is 19.0 Å². The Balaban J connectivity index is 2.35. The van der Waals surface area contributed by atoms with E-state index in [0.29, 0.717) is 24.3 Å². The van der Waals surface area contributed by atoms with E-state index >= 15 is 0 Å². The van der Waals surface area contributed by atoms with Crippen LogP contribution in [-0.2, 0) is 9.53 Å². The Morgan fingerprint density at radius 3 is 1.65 bits per heavy atom. The molecule has 0 fully saturated rings. The summed E-state index contributed by atoms with van der Waals surface area (Å²) >= 11 is 6.65. The Morgan fingerprint density at radius 1 is 0.808 bits per heavy atom. The van der Waals surface area contributed by atoms with Gasteiger partial charge in [-0.1, -0.05) is 35.9 Å². The molecule has 5 heteroatoms. The van der Waals surface area contributed by atoms with Gasteiger partial charge in [0, 0.05) is 17.0 Å². The van der Waals surface area contributed by atoms with E-state index in [9.17, 15) is 4.79 Å². The normalized spacial score (nSPS) is 10.2. The lowest BCUT2D eigenvalue weighted by molar-refractivity contribution is -0.140. The number of methoxy groups -OCH3 is 3. The first kappa shape index (κ1) is 19.9. The van der Waals surface area contributed by atoms with Gasteiger partial charge in [-0.25, -0.2) is 0 Å². The van der Waals surface area contributed by atoms with Gasteiger partial charge < -0.3 is 14.2 Å². The maximum absolute atomic E-state index is 11.3. The molecule has 2 aromatic carbocycles. The van der Waals surface area contributed by atoms with Crippen molar-refractivity contribution in [3.8, 4) is 11.5 Å². The van der Waals surface area contributed by atoms with Crippen molar-refractivity contribution in [2.45, 2.75) is 19.3 Å². The molecule has 0 heterocycles. The number of ether oxygens (including phenoxy) is 3. The van der Waals surface area contributed by atoms with E-state index in [1.54, 1.807) is 14.2 Å². The van der Waals surface area contributed by atoms with Gasteiger partial charge in [-0.2, -0.15) is 0 Å². The van der Waals surface area contributed by atoms with Crippen LogP contribution in [0.5, 0.6) is 11.5 Å². The van der Waals surface area contributed by atoms with Crippen LogP contribution in [0, 0.1) is 0 Å². The number of carbonyl (C=O) groups is 1. The zero-order valence-electron chi connectivity index (χ0n) is 15.3. The van der Waals surface area contributed by atoms with E-state index in [0.717, 1.165) is 28.2 Å². The highest BCUT2D eigenvalue weighted by atomic mass is 35.5. The van der Waals surface area contributed by atoms with Gasteiger partial charge in [-0.3, -0.25) is 4.79 Å². The van der Waals surface area contributed by atoms with Crippen LogP contribution in [0.25, 0.3) is 5.57 Å². The minimum atomic E-state index is -0.232. The average Bonchev–Trinajstić information content (AvgIpc) is 2.69. The molecule has 0 aliphatic carbocycles. The molecule has 0 amide bonds. The first-order valence-electron chi connectivity index (χ1n) is 8.33. The third-order valence-electron chi connectivity index (χ3n) is 4.03. The second-order valence-electron chi connectivity index (χ2n) is 5.67. The molecule has 0 N–H and O–H groups in total. The molecule has 2 rings (SSSR count). The van der Waals surface area contributed by atoms with Crippen LogP contribution in [0.4, 0.5) is 0 Å². The summed E-state index contributed by atoms with van der Waals surface area (Å²) in [4.78, 5) is 11.3. The molecule has 0 spiro atoms. The van der Waals surface area contributed by atoms with Crippen molar-refractivity contribution in [3.63, 3.8) is 0 Å². The lowest BCUT2D eigenvalue weighted by atomic mass is 9.96. The number of halogens is 1. The fourth-order valence-corrected chi connectivity index (χ4v) is 2.96. The molecule has 26 heavy (non-hydrogen) atoms. The van der Waals surface area contributed by atoms with Crippen LogP contribution < -0.4 is 9.47 Å². The van der Waals surface area contributed by atoms with Crippen LogP contribution in [0.1, 0.15) is 30.4 Å². The number of esters is 1. The largest absolute Gasteiger partial charge is 0.497 e. The summed E-state index contributed by atoms with van der Waals surface area (Å²) in [6.07, 6.45) is 1.55. The van der Waals surface area contributed by atoms with Gasteiger partial charge in [0.2, 0.25) is 0 Å². The highest BCUT2D eigenvalue weighted by Crippen LogP contribution is 2.33. The fraction of sp³-hybridized carbons (Fsp3) is 0.286. The first-order valence-corrected chi connectivity index (χ1v) is 8.71. The number of rotatable bonds is 8. The molecule has 0 radical (unpaired) electrons. The van der Waals surface area contributed by atoms with Crippen LogP contribution in [0.15, 0.2) is 53.6 Å². The molecule has 4 nitrogen and oxygen atoms in total. The molecule has 0 bridgehead atoms. The number of hydrogen-bond acceptors (Lipinski definition) is 4. The number of allylic oxidation sites excluding steroid dienone is 1. The molecule has 0 aliphatic rings. The fourth-order valence-electron chi connectivity index (χ4n) is 2.61. The van der Waals surface area contributed by atoms with Gasteiger partial charge >= 0.3 is 5.97 Å². The lowest BCUT2D eigenvalue weighted by Gasteiger charge is -2.13. The van der Waals surface area contributed by atoms with Crippen molar-refractivity contribution in [1.82, 2.24) is 0 Å². The van der Waals surface area contributed by atoms with Gasteiger partial charge in [0.1, 0.15) is 11.5 Å². The lowest BCUT2D eigenvalue weighted by Crippen LogP contribution is -2.00. The molecule has 0 atom stereocenters. The molecule has 0 aromatic heterocycles. The van der Waals surface area contributed by atoms with Crippen LogP contribution in [-0.4, -0.2) is 27.3 Å². The van der Waals surface area contributed by atoms with E-state index in [-0.39, 0.29) is 5.97 Å². The summed E-state index contributed by atoms with van der Waals surface area (Å²) in [5.74, 6) is 1.33. The van der Waals surface area contributed by atoms with Crippen molar-refractivity contribution in [1.29, 1.82) is 0 Å². The molecule has 0 unspecified atom stereocenters. The summed E-state index contributed by atoms with van der Waals surface area (Å²) < 4.78 is 15.2. The van der Waals surface area contributed by atoms with E-state index in [1.807, 2.05) is 48.5 Å². The topological polar surface area (TPSA) is 44.8 Å². The van der Waals surface area contributed by atoms with E-state index in [1.165, 1.54) is 7.11 Å². The summed E-state index contributed by atoms with van der Waals surface area (Å²) in [6.45, 7) is 0. The average molecular weight is 375 g/mol. The monoisotopic (exact) mass is 374 g/mol. The first-order chi connectivity index (χ1) is 12.6. The predicted molar refractivity (Wildman–Crippen MR) is 104 cm³/mol. The van der Waals surface area contributed by atoms with Gasteiger partial charge in [-0.15, -0.1) is 0 Å². The molecule has 0 saturated carbocycles. The predicted octanol–water partition coefficient (Wildman–Crippen LogP) is 5.05. The smallest absolute Gasteiger partial charge is 0.305 e. The molecular formula is C21H23ClO4. The summed E-state index contributed by atoms with van der Waals surface area (Å²) in [5, 5.41) is 0.698. The molecule has 0 aliphatic heterocycles. The van der Waals surface area contributed by atoms with Crippen molar-refractivity contribution in [2.24, 2.45) is 0 Å². The third kappa shape index (κ3) is 5.27. The highest BCUT2D eigenvalue weighted by Gasteiger charge is 2.12. The van der Waals surface area contributed by atoms with Gasteiger partial charge in [0.05, 0.1) is 21.3 Å². The molecule has 0 saturated heterocycles. The van der Waals surface area contributed by atoms with Gasteiger partial charge in [0.25, 0.3) is 0 Å². The molecular weight excluding hydrogens is 352 g/mol. The Kier molecular flexibility index (Phi) is 7.54. The Hall–Kier alpha value is -2.46. The third-order valence-corrected chi connectivity index (χ3v) is 4.41. The number of carbonyl (C=O) groups excluding carboxylic acids is 1. The Morgan fingerprint density at radius 2 is 1.27 bits per heavy atom. The second kappa shape index (κ2) is 9.88. The maximum atomic E-state index is 11.3. The Labute approximate surface area is 159 Å². The SMILES string of the molecule is COC(=O)CCCC(Cl)=C(c1ccc(OC)cc1)c1ccc(OC)cc1. The van der Waals surface area contributed by atoms with Gasteiger partial charge in [-0.05, 0) is 48.2 Å². The minimum absolute atomic E-state index is 0.232. The number of benzene rings is 2. The summed E-state index contributed by atoms with van der Waals surface area (Å²) in [5.41, 5.74) is 2.90. The zero-order chi connectivity index (χ0) is 18.9. The summed E-state index contributed by atoms with van der Waals surface area (Å²) in [6, 6.07) is 15.5. The quantitative estimate of drug-likeness (QED) is 0.607. The van der Waals surface area contributed by atoms with E-state index in [4.69, 9.17) is 21.1 Å². The second-order valence-corrected chi connectivity index (χ2v) is 6.12. The zero-order valence-corrected chi connectivity index (χ0v) is 16.0. The van der Waals surface area contributed by atoms with E-state index < -0.39 is 0 Å².